The molecule has 1 aliphatic rings. The summed E-state index contributed by atoms with van der Waals surface area (Å²) in [4.78, 5) is 19.0. The van der Waals surface area contributed by atoms with Crippen LogP contribution >= 0.6 is 11.3 Å². The summed E-state index contributed by atoms with van der Waals surface area (Å²) >= 11 is 1.20. The standard InChI is InChI=1S/C33H36N4O5S2/c1-6-25-16-30-27(29(34-25)15-22-7-8-22)11-12-31(38)37(30)17-23-9-10-26(24(14-23)18-41-5)28-13-19(2)43-33(28)44(39,40)36-32-20(3)21(4)42-35-32/h9-14,16,22H,6-8,15,17-18H2,1-5H3,(H,35,36). The fraction of sp³-hybridized carbons (Fsp3) is 0.364. The number of nitrogens with one attached hydrogen (secondary N) is 1. The molecule has 5 aromatic rings. The van der Waals surface area contributed by atoms with E-state index in [1.165, 1.54) is 24.2 Å². The summed E-state index contributed by atoms with van der Waals surface area (Å²) in [7, 11) is -2.35. The van der Waals surface area contributed by atoms with Gasteiger partial charge in [-0.3, -0.25) is 14.5 Å². The second kappa shape index (κ2) is 11.9. The van der Waals surface area contributed by atoms with Gasteiger partial charge in [-0.15, -0.1) is 11.3 Å². The molecule has 9 nitrogen and oxygen atoms in total. The normalized spacial score (nSPS) is 13.6. The molecule has 230 valence electrons. The molecule has 0 radical (unpaired) electrons. The molecule has 1 N–H and O–H groups in total. The number of anilines is 1. The van der Waals surface area contributed by atoms with E-state index in [0.29, 0.717) is 29.3 Å². The van der Waals surface area contributed by atoms with Crippen molar-refractivity contribution in [3.63, 3.8) is 0 Å². The number of thiophene rings is 1. The van der Waals surface area contributed by atoms with Crippen LogP contribution in [0.1, 0.15) is 58.5 Å². The van der Waals surface area contributed by atoms with Gasteiger partial charge in [-0.05, 0) is 87.3 Å². The minimum atomic E-state index is -3.96. The zero-order valence-corrected chi connectivity index (χ0v) is 27.2. The van der Waals surface area contributed by atoms with Gasteiger partial charge < -0.3 is 13.8 Å². The summed E-state index contributed by atoms with van der Waals surface area (Å²) in [5.74, 6) is 1.40. The zero-order chi connectivity index (χ0) is 31.2. The van der Waals surface area contributed by atoms with Crippen LogP contribution in [0.25, 0.3) is 22.0 Å². The van der Waals surface area contributed by atoms with Crippen molar-refractivity contribution in [2.75, 3.05) is 11.8 Å². The topological polar surface area (TPSA) is 116 Å². The molecule has 1 saturated carbocycles. The lowest BCUT2D eigenvalue weighted by Gasteiger charge is -2.16. The third-order valence-corrected chi connectivity index (χ3v) is 11.1. The van der Waals surface area contributed by atoms with Crippen molar-refractivity contribution in [2.45, 2.75) is 70.7 Å². The molecule has 0 bridgehead atoms. The lowest BCUT2D eigenvalue weighted by molar-refractivity contribution is 0.185. The van der Waals surface area contributed by atoms with Gasteiger partial charge in [0.05, 0.1) is 24.4 Å². The summed E-state index contributed by atoms with van der Waals surface area (Å²) < 4.78 is 42.5. The van der Waals surface area contributed by atoms with E-state index in [0.717, 1.165) is 56.7 Å². The van der Waals surface area contributed by atoms with Crippen molar-refractivity contribution in [2.24, 2.45) is 5.92 Å². The Labute approximate surface area is 260 Å². The molecule has 0 aliphatic heterocycles. The number of hydrogen-bond acceptors (Lipinski definition) is 8. The van der Waals surface area contributed by atoms with Gasteiger partial charge in [0.15, 0.2) is 5.82 Å². The summed E-state index contributed by atoms with van der Waals surface area (Å²) in [6, 6.07) is 13.3. The maximum atomic E-state index is 13.6. The predicted molar refractivity (Wildman–Crippen MR) is 173 cm³/mol. The number of sulfonamides is 1. The first-order chi connectivity index (χ1) is 21.1. The van der Waals surface area contributed by atoms with Gasteiger partial charge >= 0.3 is 0 Å². The Morgan fingerprint density at radius 1 is 1.09 bits per heavy atom. The third-order valence-electron chi connectivity index (χ3n) is 8.21. The molecule has 0 saturated heterocycles. The molecule has 1 aliphatic carbocycles. The lowest BCUT2D eigenvalue weighted by Crippen LogP contribution is -2.21. The number of pyridine rings is 2. The summed E-state index contributed by atoms with van der Waals surface area (Å²) in [6.07, 6.45) is 4.19. The van der Waals surface area contributed by atoms with Crippen molar-refractivity contribution < 1.29 is 17.7 Å². The summed E-state index contributed by atoms with van der Waals surface area (Å²) in [5.41, 5.74) is 6.58. The van der Waals surface area contributed by atoms with Crippen LogP contribution < -0.4 is 10.3 Å². The number of benzene rings is 1. The number of aromatic nitrogens is 3. The highest BCUT2D eigenvalue weighted by atomic mass is 32.2. The fourth-order valence-corrected chi connectivity index (χ4v) is 8.25. The summed E-state index contributed by atoms with van der Waals surface area (Å²) in [6.45, 7) is 8.09. The highest BCUT2D eigenvalue weighted by Crippen LogP contribution is 2.39. The average Bonchev–Trinajstić information content (AvgIpc) is 3.64. The van der Waals surface area contributed by atoms with Crippen LogP contribution in [0.5, 0.6) is 0 Å². The van der Waals surface area contributed by atoms with E-state index in [2.05, 4.69) is 16.8 Å². The van der Waals surface area contributed by atoms with E-state index in [1.54, 1.807) is 27.0 Å². The quantitative estimate of drug-likeness (QED) is 0.176. The van der Waals surface area contributed by atoms with Gasteiger partial charge in [-0.1, -0.05) is 30.3 Å². The van der Waals surface area contributed by atoms with Gasteiger partial charge in [0, 0.05) is 40.3 Å². The average molecular weight is 633 g/mol. The molecule has 0 amide bonds. The fourth-order valence-electron chi connectivity index (χ4n) is 5.55. The van der Waals surface area contributed by atoms with E-state index in [-0.39, 0.29) is 22.2 Å². The van der Waals surface area contributed by atoms with E-state index < -0.39 is 10.0 Å². The van der Waals surface area contributed by atoms with Gasteiger partial charge in [0.1, 0.15) is 9.97 Å². The molecule has 0 atom stereocenters. The van der Waals surface area contributed by atoms with Crippen molar-refractivity contribution in [3.05, 3.63) is 91.5 Å². The molecule has 0 spiro atoms. The Morgan fingerprint density at radius 2 is 1.89 bits per heavy atom. The van der Waals surface area contributed by atoms with Crippen LogP contribution in [0.3, 0.4) is 0 Å². The Hall–Kier alpha value is -3.80. The Bertz CT molecular complexity index is 2040. The number of hydrogen-bond donors (Lipinski definition) is 1. The van der Waals surface area contributed by atoms with Crippen LogP contribution in [0.2, 0.25) is 0 Å². The van der Waals surface area contributed by atoms with Gasteiger partial charge in [0.2, 0.25) is 0 Å². The Morgan fingerprint density at radius 3 is 2.57 bits per heavy atom. The van der Waals surface area contributed by atoms with Crippen molar-refractivity contribution in [1.29, 1.82) is 0 Å². The number of ether oxygens (including phenoxy) is 1. The number of rotatable bonds is 11. The molecular formula is C33H36N4O5S2. The highest BCUT2D eigenvalue weighted by Gasteiger charge is 2.27. The second-order valence-electron chi connectivity index (χ2n) is 11.6. The minimum absolute atomic E-state index is 0.0770. The molecule has 4 aromatic heterocycles. The maximum Gasteiger partial charge on any atom is 0.273 e. The van der Waals surface area contributed by atoms with Gasteiger partial charge in [0.25, 0.3) is 15.6 Å². The van der Waals surface area contributed by atoms with Crippen molar-refractivity contribution in [3.8, 4) is 11.1 Å². The molecule has 6 rings (SSSR count). The highest BCUT2D eigenvalue weighted by molar-refractivity contribution is 7.94. The SMILES string of the molecule is CCc1cc2c(ccc(=O)n2Cc2ccc(-c3cc(C)sc3S(=O)(=O)Nc3noc(C)c3C)c(COC)c2)c(CC2CC2)n1. The first-order valence-corrected chi connectivity index (χ1v) is 17.1. The van der Waals surface area contributed by atoms with E-state index in [1.807, 2.05) is 47.9 Å². The first-order valence-electron chi connectivity index (χ1n) is 14.8. The van der Waals surface area contributed by atoms with Crippen LogP contribution in [-0.4, -0.2) is 30.2 Å². The number of methoxy groups -OCH3 is 1. The monoisotopic (exact) mass is 632 g/mol. The van der Waals surface area contributed by atoms with Crippen LogP contribution in [0, 0.1) is 26.7 Å². The van der Waals surface area contributed by atoms with Crippen LogP contribution in [0.15, 0.2) is 56.0 Å². The smallest absolute Gasteiger partial charge is 0.273 e. The maximum absolute atomic E-state index is 13.6. The van der Waals surface area contributed by atoms with Crippen molar-refractivity contribution in [1.82, 2.24) is 14.7 Å². The van der Waals surface area contributed by atoms with Crippen LogP contribution in [-0.2, 0) is 40.8 Å². The Kier molecular flexibility index (Phi) is 8.21. The lowest BCUT2D eigenvalue weighted by atomic mass is 9.99. The predicted octanol–water partition coefficient (Wildman–Crippen LogP) is 6.55. The molecule has 0 unspecified atom stereocenters. The molecular weight excluding hydrogens is 597 g/mol. The van der Waals surface area contributed by atoms with Gasteiger partial charge in [-0.2, -0.15) is 0 Å². The van der Waals surface area contributed by atoms with E-state index in [9.17, 15) is 13.2 Å². The molecule has 11 heteroatoms. The molecule has 44 heavy (non-hydrogen) atoms. The number of aryl methyl sites for hydroxylation is 3. The van der Waals surface area contributed by atoms with Crippen molar-refractivity contribution >= 4 is 38.1 Å². The third kappa shape index (κ3) is 5.96. The number of fused-ring (bicyclic) bond motifs is 1. The summed E-state index contributed by atoms with van der Waals surface area (Å²) in [5, 5.41) is 4.91. The van der Waals surface area contributed by atoms with Gasteiger partial charge in [-0.25, -0.2) is 8.42 Å². The molecule has 1 aromatic carbocycles. The Balaban J connectivity index is 1.40. The van der Waals surface area contributed by atoms with E-state index in [4.69, 9.17) is 14.2 Å². The zero-order valence-electron chi connectivity index (χ0n) is 25.6. The minimum Gasteiger partial charge on any atom is -0.380 e. The molecule has 1 fully saturated rings. The first kappa shape index (κ1) is 30.2. The van der Waals surface area contributed by atoms with Crippen LogP contribution in [0.4, 0.5) is 5.82 Å². The largest absolute Gasteiger partial charge is 0.380 e. The van der Waals surface area contributed by atoms with E-state index >= 15 is 0 Å². The number of nitrogens with zero attached hydrogens (tertiary/aromatic N) is 3. The second-order valence-corrected chi connectivity index (χ2v) is 14.7. The molecule has 4 heterocycles.